The minimum Gasteiger partial charge on any atom is -0.508 e. The normalized spacial score (nSPS) is 47.7. The van der Waals surface area contributed by atoms with Gasteiger partial charge < -0.3 is 15.0 Å². The molecule has 2 N–H and O–H groups in total. The van der Waals surface area contributed by atoms with Gasteiger partial charge in [-0.05, 0) is 90.4 Å². The summed E-state index contributed by atoms with van der Waals surface area (Å²) < 4.78 is 0. The topological polar surface area (TPSA) is 76.6 Å². The maximum atomic E-state index is 13.8. The van der Waals surface area contributed by atoms with Gasteiger partial charge in [-0.25, -0.2) is 0 Å². The Kier molecular flexibility index (Phi) is 2.96. The zero-order valence-electron chi connectivity index (χ0n) is 20.4. The number of aromatic nitrogens is 1. The minimum atomic E-state index is -0.120. The molecule has 184 valence electrons. The Labute approximate surface area is 209 Å². The molecule has 8 atom stereocenters. The molecule has 6 aliphatic carbocycles. The summed E-state index contributed by atoms with van der Waals surface area (Å²) in [6.45, 7) is 3.31. The SMILES string of the molecule is O=C(c1cc(=O)cc[nH]1)N1CC23CC45CC2CC1C3C41c2cc(O)ccc2CC12CN(CC1CC1)C25. The number of piperidine rings is 2. The number of hydrogen-bond donors (Lipinski definition) is 2. The third-order valence-electron chi connectivity index (χ3n) is 12.9. The van der Waals surface area contributed by atoms with E-state index < -0.39 is 0 Å². The van der Waals surface area contributed by atoms with Gasteiger partial charge in [-0.2, -0.15) is 0 Å². The summed E-state index contributed by atoms with van der Waals surface area (Å²) in [4.78, 5) is 33.9. The number of hydrogen-bond acceptors (Lipinski definition) is 4. The van der Waals surface area contributed by atoms with Crippen LogP contribution in [0.3, 0.4) is 0 Å². The average molecular weight is 482 g/mol. The molecule has 1 amide bonds. The molecule has 1 aromatic heterocycles. The highest BCUT2D eigenvalue weighted by atomic mass is 16.3. The van der Waals surface area contributed by atoms with Crippen molar-refractivity contribution >= 4 is 5.91 Å². The summed E-state index contributed by atoms with van der Waals surface area (Å²) in [5, 5.41) is 10.7. The Morgan fingerprint density at radius 2 is 2.03 bits per heavy atom. The Morgan fingerprint density at radius 1 is 1.14 bits per heavy atom. The Hall–Kier alpha value is -2.60. The largest absolute Gasteiger partial charge is 0.508 e. The van der Waals surface area contributed by atoms with Crippen LogP contribution in [0.5, 0.6) is 5.75 Å². The molecule has 1 aromatic carbocycles. The summed E-state index contributed by atoms with van der Waals surface area (Å²) >= 11 is 0. The quantitative estimate of drug-likeness (QED) is 0.707. The second kappa shape index (κ2) is 5.47. The highest BCUT2D eigenvalue weighted by molar-refractivity contribution is 5.93. The highest BCUT2D eigenvalue weighted by Gasteiger charge is 2.99. The van der Waals surface area contributed by atoms with Crippen LogP contribution in [0.2, 0.25) is 0 Å². The third kappa shape index (κ3) is 1.68. The lowest BCUT2D eigenvalue weighted by molar-refractivity contribution is -0.313. The molecule has 10 rings (SSSR count). The van der Waals surface area contributed by atoms with Crippen LogP contribution in [0.15, 0.2) is 41.3 Å². The number of aromatic amines is 1. The zero-order valence-corrected chi connectivity index (χ0v) is 20.4. The van der Waals surface area contributed by atoms with E-state index in [1.165, 1.54) is 62.0 Å². The molecule has 2 aromatic rings. The van der Waals surface area contributed by atoms with Gasteiger partial charge in [0.25, 0.3) is 5.91 Å². The lowest BCUT2D eigenvalue weighted by Gasteiger charge is -2.83. The number of carbonyl (C=O) groups excluding carboxylic acids is 1. The van der Waals surface area contributed by atoms with Gasteiger partial charge >= 0.3 is 0 Å². The number of phenolic OH excluding ortho intramolecular Hbond substituents is 1. The lowest BCUT2D eigenvalue weighted by Crippen LogP contribution is -2.90. The van der Waals surface area contributed by atoms with Crippen LogP contribution in [0.1, 0.15) is 53.7 Å². The van der Waals surface area contributed by atoms with Crippen LogP contribution in [-0.4, -0.2) is 57.5 Å². The van der Waals surface area contributed by atoms with Crippen molar-refractivity contribution in [3.05, 3.63) is 63.6 Å². The molecule has 0 radical (unpaired) electrons. The average Bonchev–Trinajstić information content (AvgIpc) is 3.26. The number of H-pyrrole nitrogens is 1. The van der Waals surface area contributed by atoms with Crippen molar-refractivity contribution < 1.29 is 9.90 Å². The maximum Gasteiger partial charge on any atom is 0.270 e. The summed E-state index contributed by atoms with van der Waals surface area (Å²) in [6.07, 6.45) is 9.18. The number of aromatic hydroxyl groups is 1. The van der Waals surface area contributed by atoms with Gasteiger partial charge in [-0.1, -0.05) is 6.07 Å². The number of amides is 1. The second-order valence-corrected chi connectivity index (χ2v) is 13.9. The first kappa shape index (κ1) is 19.5. The zero-order chi connectivity index (χ0) is 23.8. The lowest BCUT2D eigenvalue weighted by atomic mass is 9.28. The van der Waals surface area contributed by atoms with E-state index in [0.717, 1.165) is 25.3 Å². The van der Waals surface area contributed by atoms with Crippen LogP contribution in [-0.2, 0) is 11.8 Å². The van der Waals surface area contributed by atoms with Gasteiger partial charge in [-0.15, -0.1) is 0 Å². The smallest absolute Gasteiger partial charge is 0.270 e. The number of fused-ring (bicyclic) bond motifs is 1. The fraction of sp³-hybridized carbons (Fsp3) is 0.600. The van der Waals surface area contributed by atoms with Crippen molar-refractivity contribution in [3.8, 4) is 5.75 Å². The molecule has 8 aliphatic rings. The van der Waals surface area contributed by atoms with Gasteiger partial charge in [0, 0.05) is 60.9 Å². The van der Waals surface area contributed by atoms with Crippen LogP contribution >= 0.6 is 0 Å². The minimum absolute atomic E-state index is 0.00292. The van der Waals surface area contributed by atoms with E-state index in [-0.39, 0.29) is 33.6 Å². The molecule has 2 aliphatic heterocycles. The maximum absolute atomic E-state index is 13.8. The number of phenols is 1. The van der Waals surface area contributed by atoms with E-state index in [0.29, 0.717) is 34.7 Å². The molecule has 2 saturated heterocycles. The molecule has 7 fully saturated rings. The summed E-state index contributed by atoms with van der Waals surface area (Å²) in [6, 6.07) is 10.1. The van der Waals surface area contributed by atoms with Gasteiger partial charge in [-0.3, -0.25) is 14.5 Å². The number of pyridine rings is 1. The van der Waals surface area contributed by atoms with E-state index in [1.807, 2.05) is 6.07 Å². The van der Waals surface area contributed by atoms with Gasteiger partial charge in [0.2, 0.25) is 0 Å². The molecule has 36 heavy (non-hydrogen) atoms. The molecule has 4 spiro atoms. The summed E-state index contributed by atoms with van der Waals surface area (Å²) in [5.74, 6) is 2.49. The monoisotopic (exact) mass is 481 g/mol. The number of benzene rings is 1. The number of rotatable bonds is 3. The van der Waals surface area contributed by atoms with Crippen molar-refractivity contribution in [1.82, 2.24) is 14.8 Å². The first-order valence-corrected chi connectivity index (χ1v) is 14.0. The van der Waals surface area contributed by atoms with Crippen LogP contribution in [0, 0.1) is 34.0 Å². The van der Waals surface area contributed by atoms with Crippen LogP contribution in [0.25, 0.3) is 0 Å². The van der Waals surface area contributed by atoms with E-state index in [2.05, 4.69) is 26.9 Å². The Bertz CT molecular complexity index is 1480. The molecule has 3 heterocycles. The molecular weight excluding hydrogens is 450 g/mol. The van der Waals surface area contributed by atoms with Crippen molar-refractivity contribution in [3.63, 3.8) is 0 Å². The van der Waals surface area contributed by atoms with Gasteiger partial charge in [0.15, 0.2) is 5.43 Å². The molecule has 5 saturated carbocycles. The predicted molar refractivity (Wildman–Crippen MR) is 132 cm³/mol. The fourth-order valence-electron chi connectivity index (χ4n) is 12.6. The van der Waals surface area contributed by atoms with Crippen LogP contribution in [0.4, 0.5) is 0 Å². The Morgan fingerprint density at radius 3 is 2.86 bits per heavy atom. The van der Waals surface area contributed by atoms with Crippen LogP contribution < -0.4 is 5.43 Å². The molecular formula is C30H31N3O3. The van der Waals surface area contributed by atoms with Gasteiger partial charge in [0.05, 0.1) is 0 Å². The van der Waals surface area contributed by atoms with E-state index in [4.69, 9.17) is 0 Å². The van der Waals surface area contributed by atoms with Crippen molar-refractivity contribution in [2.75, 3.05) is 19.6 Å². The first-order valence-electron chi connectivity index (χ1n) is 14.0. The van der Waals surface area contributed by atoms with Gasteiger partial charge in [0.1, 0.15) is 11.4 Å². The molecule has 3 bridgehead atoms. The molecule has 6 heteroatoms. The Balaban J connectivity index is 1.14. The number of carbonyl (C=O) groups is 1. The molecule has 8 unspecified atom stereocenters. The second-order valence-electron chi connectivity index (χ2n) is 13.9. The van der Waals surface area contributed by atoms with Crippen molar-refractivity contribution in [2.24, 2.45) is 34.0 Å². The highest BCUT2D eigenvalue weighted by Crippen LogP contribution is 2.96. The summed E-state index contributed by atoms with van der Waals surface area (Å²) in [7, 11) is 0. The summed E-state index contributed by atoms with van der Waals surface area (Å²) in [5.41, 5.74) is 4.06. The predicted octanol–water partition coefficient (Wildman–Crippen LogP) is 2.91. The van der Waals surface area contributed by atoms with E-state index >= 15 is 0 Å². The fourth-order valence-corrected chi connectivity index (χ4v) is 12.6. The number of nitrogens with one attached hydrogen (secondary N) is 1. The van der Waals surface area contributed by atoms with Crippen molar-refractivity contribution in [2.45, 2.75) is 56.0 Å². The number of likely N-dealkylation sites (tertiary alicyclic amines) is 2. The van der Waals surface area contributed by atoms with E-state index in [9.17, 15) is 14.7 Å². The van der Waals surface area contributed by atoms with Crippen molar-refractivity contribution in [1.29, 1.82) is 0 Å². The third-order valence-corrected chi connectivity index (χ3v) is 12.9. The standard InChI is InChI=1S/C30H31N3O3/c34-19-4-3-17-10-29-15-32(12-16-1-2-16)26(29)28-11-18-7-23-24(30(28,29)21(17)8-19)27(18,13-28)14-33(23)25(36)22-9-20(35)5-6-31-22/h3-6,8-9,16,18,23-24,26,34H,1-2,7,10-15H2,(H,31,35). The number of nitrogens with zero attached hydrogens (tertiary/aromatic N) is 2. The van der Waals surface area contributed by atoms with E-state index in [1.54, 1.807) is 6.20 Å². The first-order chi connectivity index (χ1) is 17.4. The molecule has 6 nitrogen and oxygen atoms in total.